The lowest BCUT2D eigenvalue weighted by Gasteiger charge is -2.17. The molecule has 0 aliphatic heterocycles. The zero-order valence-corrected chi connectivity index (χ0v) is 22.7. The molecule has 6 aromatic rings. The van der Waals surface area contributed by atoms with Crippen LogP contribution in [0.1, 0.15) is 52.0 Å². The van der Waals surface area contributed by atoms with Crippen LogP contribution >= 0.6 is 0 Å². The molecule has 0 spiro atoms. The Hall–Kier alpha value is -4.43. The molecule has 1 aromatic heterocycles. The highest BCUT2D eigenvalue weighted by Crippen LogP contribution is 2.45. The van der Waals surface area contributed by atoms with Crippen molar-refractivity contribution >= 4 is 27.6 Å². The molecule has 1 aliphatic carbocycles. The number of fused-ring (bicyclic) bond motifs is 6. The van der Waals surface area contributed by atoms with Gasteiger partial charge in [-0.3, -0.25) is 4.79 Å². The van der Waals surface area contributed by atoms with E-state index in [0.29, 0.717) is 0 Å². The summed E-state index contributed by atoms with van der Waals surface area (Å²) in [5, 5.41) is 2.36. The Bertz CT molecular complexity index is 1940. The monoisotopic (exact) mass is 505 g/mol. The molecule has 5 aromatic carbocycles. The van der Waals surface area contributed by atoms with Crippen molar-refractivity contribution in [1.29, 1.82) is 0 Å². The summed E-state index contributed by atoms with van der Waals surface area (Å²) in [6.45, 7) is 6.92. The van der Waals surface area contributed by atoms with Crippen LogP contribution in [0.2, 0.25) is 0 Å². The van der Waals surface area contributed by atoms with Gasteiger partial charge in [0.2, 0.25) is 0 Å². The number of carbonyl (C=O) groups is 1. The Morgan fingerprint density at radius 1 is 0.769 bits per heavy atom. The zero-order chi connectivity index (χ0) is 26.7. The van der Waals surface area contributed by atoms with Crippen molar-refractivity contribution in [2.75, 3.05) is 0 Å². The van der Waals surface area contributed by atoms with Gasteiger partial charge in [0.05, 0.1) is 0 Å². The number of Topliss-reactive ketones (excluding diaryl/α,β-unsaturated/α-hetero) is 1. The third kappa shape index (κ3) is 3.74. The molecule has 1 aliphatic rings. The summed E-state index contributed by atoms with van der Waals surface area (Å²) in [4.78, 5) is 12.3. The van der Waals surface area contributed by atoms with E-state index >= 15 is 0 Å². The molecule has 190 valence electrons. The number of carbonyl (C=O) groups excluding carboxylic acids is 1. The summed E-state index contributed by atoms with van der Waals surface area (Å²) < 4.78 is 2.36. The molecule has 39 heavy (non-hydrogen) atoms. The maximum atomic E-state index is 12.3. The Labute approximate surface area is 229 Å². The van der Waals surface area contributed by atoms with Crippen LogP contribution in [0.4, 0.5) is 0 Å². The standard InChI is InChI=1S/C37H31NO/c1-4-38-35-17-14-26(24(3)39)20-32(35)33-22-29(15-18-36(33)38)37-28(19-25-10-6-5-9-23(25)2)13-16-31-30-12-8-7-11-27(30)21-34(31)37/h5-18,20,22H,4,19,21H2,1-3H3. The molecule has 2 heteroatoms. The van der Waals surface area contributed by atoms with E-state index in [1.165, 1.54) is 66.5 Å². The van der Waals surface area contributed by atoms with Crippen molar-refractivity contribution in [2.45, 2.75) is 40.2 Å². The van der Waals surface area contributed by atoms with Gasteiger partial charge in [-0.2, -0.15) is 0 Å². The van der Waals surface area contributed by atoms with E-state index in [0.717, 1.165) is 30.3 Å². The van der Waals surface area contributed by atoms with Crippen LogP contribution in [0, 0.1) is 6.92 Å². The van der Waals surface area contributed by atoms with Crippen LogP contribution in [0.15, 0.2) is 97.1 Å². The predicted octanol–water partition coefficient (Wildman–Crippen LogP) is 9.15. The van der Waals surface area contributed by atoms with Gasteiger partial charge < -0.3 is 4.57 Å². The highest BCUT2D eigenvalue weighted by atomic mass is 16.1. The molecule has 7 rings (SSSR count). The highest BCUT2D eigenvalue weighted by molar-refractivity contribution is 6.12. The van der Waals surface area contributed by atoms with Gasteiger partial charge in [-0.15, -0.1) is 0 Å². The Morgan fingerprint density at radius 2 is 1.51 bits per heavy atom. The molecule has 2 nitrogen and oxygen atoms in total. The number of hydrogen-bond acceptors (Lipinski definition) is 1. The van der Waals surface area contributed by atoms with Gasteiger partial charge in [0.1, 0.15) is 0 Å². The summed E-state index contributed by atoms with van der Waals surface area (Å²) in [7, 11) is 0. The second kappa shape index (κ2) is 9.10. The molecule has 0 saturated heterocycles. The number of aryl methyl sites for hydroxylation is 2. The van der Waals surface area contributed by atoms with Crippen molar-refractivity contribution in [1.82, 2.24) is 4.57 Å². The smallest absolute Gasteiger partial charge is 0.159 e. The summed E-state index contributed by atoms with van der Waals surface area (Å²) in [5.41, 5.74) is 15.3. The van der Waals surface area contributed by atoms with Crippen LogP contribution in [-0.2, 0) is 19.4 Å². The van der Waals surface area contributed by atoms with E-state index in [1.807, 2.05) is 6.07 Å². The molecule has 0 fully saturated rings. The van der Waals surface area contributed by atoms with E-state index in [4.69, 9.17) is 0 Å². The highest BCUT2D eigenvalue weighted by Gasteiger charge is 2.24. The lowest BCUT2D eigenvalue weighted by molar-refractivity contribution is 0.101. The van der Waals surface area contributed by atoms with E-state index in [-0.39, 0.29) is 5.78 Å². The van der Waals surface area contributed by atoms with Crippen molar-refractivity contribution in [3.63, 3.8) is 0 Å². The largest absolute Gasteiger partial charge is 0.341 e. The Kier molecular flexibility index (Phi) is 5.52. The Morgan fingerprint density at radius 3 is 2.31 bits per heavy atom. The van der Waals surface area contributed by atoms with Crippen molar-refractivity contribution in [2.24, 2.45) is 0 Å². The summed E-state index contributed by atoms with van der Waals surface area (Å²) in [5.74, 6) is 0.101. The summed E-state index contributed by atoms with van der Waals surface area (Å²) >= 11 is 0. The molecule has 0 amide bonds. The number of hydrogen-bond donors (Lipinski definition) is 0. The van der Waals surface area contributed by atoms with Gasteiger partial charge in [0.25, 0.3) is 0 Å². The van der Waals surface area contributed by atoms with E-state index in [1.54, 1.807) is 6.92 Å². The first kappa shape index (κ1) is 23.7. The number of aromatic nitrogens is 1. The number of benzene rings is 5. The van der Waals surface area contributed by atoms with E-state index in [2.05, 4.69) is 109 Å². The van der Waals surface area contributed by atoms with Gasteiger partial charge in [0, 0.05) is 33.9 Å². The first-order chi connectivity index (χ1) is 19.0. The second-order valence-corrected chi connectivity index (χ2v) is 10.8. The van der Waals surface area contributed by atoms with Crippen LogP contribution in [-0.4, -0.2) is 10.4 Å². The molecular formula is C37H31NO. The van der Waals surface area contributed by atoms with Crippen LogP contribution in [0.5, 0.6) is 0 Å². The molecule has 0 bridgehead atoms. The molecule has 1 heterocycles. The summed E-state index contributed by atoms with van der Waals surface area (Å²) in [6.07, 6.45) is 1.85. The van der Waals surface area contributed by atoms with Crippen molar-refractivity contribution in [3.05, 3.63) is 130 Å². The fourth-order valence-electron chi connectivity index (χ4n) is 6.60. The Balaban J connectivity index is 1.49. The van der Waals surface area contributed by atoms with Crippen LogP contribution < -0.4 is 0 Å². The molecule has 0 saturated carbocycles. The molecular weight excluding hydrogens is 474 g/mol. The quantitative estimate of drug-likeness (QED) is 0.214. The van der Waals surface area contributed by atoms with Crippen molar-refractivity contribution < 1.29 is 4.79 Å². The van der Waals surface area contributed by atoms with Gasteiger partial charge in [-0.05, 0) is 114 Å². The van der Waals surface area contributed by atoms with Crippen LogP contribution in [0.25, 0.3) is 44.1 Å². The fourth-order valence-corrected chi connectivity index (χ4v) is 6.60. The average Bonchev–Trinajstić information content (AvgIpc) is 3.48. The molecule has 0 unspecified atom stereocenters. The molecule has 0 N–H and O–H groups in total. The number of rotatable bonds is 5. The number of ketones is 1. The normalized spacial score (nSPS) is 12.2. The predicted molar refractivity (Wildman–Crippen MR) is 163 cm³/mol. The van der Waals surface area contributed by atoms with Crippen molar-refractivity contribution in [3.8, 4) is 22.3 Å². The maximum absolute atomic E-state index is 12.3. The van der Waals surface area contributed by atoms with Gasteiger partial charge >= 0.3 is 0 Å². The zero-order valence-electron chi connectivity index (χ0n) is 22.7. The van der Waals surface area contributed by atoms with Gasteiger partial charge in [0.15, 0.2) is 5.78 Å². The SMILES string of the molecule is CCn1c2ccc(C(C)=O)cc2c2cc(-c3c(Cc4ccccc4C)ccc4c3Cc3ccccc3-4)ccc21. The topological polar surface area (TPSA) is 22.0 Å². The van der Waals surface area contributed by atoms with Gasteiger partial charge in [-0.1, -0.05) is 66.7 Å². The molecule has 0 radical (unpaired) electrons. The maximum Gasteiger partial charge on any atom is 0.159 e. The molecule has 0 atom stereocenters. The third-order valence-corrected chi connectivity index (χ3v) is 8.59. The first-order valence-corrected chi connectivity index (χ1v) is 13.9. The minimum atomic E-state index is 0.101. The van der Waals surface area contributed by atoms with E-state index in [9.17, 15) is 4.79 Å². The third-order valence-electron chi connectivity index (χ3n) is 8.59. The summed E-state index contributed by atoms with van der Waals surface area (Å²) in [6, 6.07) is 35.3. The van der Waals surface area contributed by atoms with E-state index < -0.39 is 0 Å². The minimum Gasteiger partial charge on any atom is -0.341 e. The minimum absolute atomic E-state index is 0.101. The fraction of sp³-hybridized carbons (Fsp3) is 0.162. The average molecular weight is 506 g/mol. The van der Waals surface area contributed by atoms with Gasteiger partial charge in [-0.25, -0.2) is 0 Å². The number of nitrogens with zero attached hydrogens (tertiary/aromatic N) is 1. The first-order valence-electron chi connectivity index (χ1n) is 13.9. The lowest BCUT2D eigenvalue weighted by atomic mass is 9.87. The second-order valence-electron chi connectivity index (χ2n) is 10.8. The lowest BCUT2D eigenvalue weighted by Crippen LogP contribution is -1.99. The van der Waals surface area contributed by atoms with Crippen LogP contribution in [0.3, 0.4) is 0 Å².